The molecule has 0 N–H and O–H groups in total. The van der Waals surface area contributed by atoms with Gasteiger partial charge in [-0.3, -0.25) is 19.3 Å². The van der Waals surface area contributed by atoms with E-state index in [0.29, 0.717) is 11.3 Å². The highest BCUT2D eigenvalue weighted by molar-refractivity contribution is 6.05. The Morgan fingerprint density at radius 2 is 1.79 bits per heavy atom. The van der Waals surface area contributed by atoms with Crippen molar-refractivity contribution in [1.29, 1.82) is 0 Å². The van der Waals surface area contributed by atoms with E-state index in [1.807, 2.05) is 44.3 Å². The van der Waals surface area contributed by atoms with Crippen LogP contribution < -0.4 is 5.56 Å². The Hall–Kier alpha value is -3.21. The van der Waals surface area contributed by atoms with Crippen LogP contribution in [0.25, 0.3) is 11.8 Å². The first kappa shape index (κ1) is 15.7. The number of carbonyl (C=O) groups excluding carboxylic acids is 1. The summed E-state index contributed by atoms with van der Waals surface area (Å²) >= 11 is 0. The summed E-state index contributed by atoms with van der Waals surface area (Å²) in [6.07, 6.45) is 4.52. The van der Waals surface area contributed by atoms with E-state index in [9.17, 15) is 9.59 Å². The van der Waals surface area contributed by atoms with E-state index < -0.39 is 0 Å². The van der Waals surface area contributed by atoms with Crippen LogP contribution in [0.1, 0.15) is 21.7 Å². The number of rotatable bonds is 4. The van der Waals surface area contributed by atoms with Gasteiger partial charge < -0.3 is 0 Å². The molecule has 0 saturated carbocycles. The number of para-hydroxylation sites is 1. The second kappa shape index (κ2) is 6.50. The van der Waals surface area contributed by atoms with Crippen molar-refractivity contribution in [3.8, 4) is 5.69 Å². The molecule has 0 unspecified atom stereocenters. The van der Waals surface area contributed by atoms with Gasteiger partial charge in [0.1, 0.15) is 5.69 Å². The Morgan fingerprint density at radius 1 is 1.08 bits per heavy atom. The van der Waals surface area contributed by atoms with Crippen molar-refractivity contribution in [3.63, 3.8) is 0 Å². The number of benzene rings is 1. The monoisotopic (exact) mass is 319 g/mol. The minimum Gasteiger partial charge on any atom is -0.288 e. The van der Waals surface area contributed by atoms with Crippen molar-refractivity contribution in [2.75, 3.05) is 0 Å². The number of aromatic nitrogens is 3. The van der Waals surface area contributed by atoms with Crippen molar-refractivity contribution in [1.82, 2.24) is 14.3 Å². The normalized spacial score (nSPS) is 11.1. The number of carbonyl (C=O) groups is 1. The lowest BCUT2D eigenvalue weighted by molar-refractivity contribution is 0.104. The number of hydrogen-bond acceptors (Lipinski definition) is 3. The van der Waals surface area contributed by atoms with Crippen LogP contribution in [0.2, 0.25) is 0 Å². The van der Waals surface area contributed by atoms with Crippen LogP contribution in [0.5, 0.6) is 0 Å². The maximum Gasteiger partial charge on any atom is 0.278 e. The molecule has 0 radical (unpaired) electrons. The lowest BCUT2D eigenvalue weighted by atomic mass is 10.2. The van der Waals surface area contributed by atoms with Crippen LogP contribution in [-0.4, -0.2) is 20.1 Å². The maximum absolute atomic E-state index is 12.7. The molecule has 5 nitrogen and oxygen atoms in total. The molecule has 2 aromatic heterocycles. The molecule has 0 aliphatic heterocycles. The van der Waals surface area contributed by atoms with Crippen molar-refractivity contribution >= 4 is 11.9 Å². The van der Waals surface area contributed by atoms with Gasteiger partial charge in [-0.15, -0.1) is 0 Å². The number of nitrogens with zero attached hydrogens (tertiary/aromatic N) is 3. The van der Waals surface area contributed by atoms with Gasteiger partial charge >= 0.3 is 0 Å². The zero-order valence-electron chi connectivity index (χ0n) is 13.5. The second-order valence-electron chi connectivity index (χ2n) is 5.39. The first-order chi connectivity index (χ1) is 11.6. The fourth-order valence-corrected chi connectivity index (χ4v) is 2.53. The Kier molecular flexibility index (Phi) is 4.24. The van der Waals surface area contributed by atoms with E-state index in [4.69, 9.17) is 0 Å². The molecular formula is C19H17N3O2. The number of pyridine rings is 1. The average Bonchev–Trinajstić information content (AvgIpc) is 2.83. The van der Waals surface area contributed by atoms with Gasteiger partial charge in [0.15, 0.2) is 0 Å². The first-order valence-corrected chi connectivity index (χ1v) is 7.57. The molecule has 0 spiro atoms. The predicted octanol–water partition coefficient (Wildman–Crippen LogP) is 2.78. The molecule has 0 atom stereocenters. The Bertz CT molecular complexity index is 952. The summed E-state index contributed by atoms with van der Waals surface area (Å²) in [5, 5.41) is 0. The highest BCUT2D eigenvalue weighted by Crippen LogP contribution is 2.11. The molecule has 0 fully saturated rings. The predicted molar refractivity (Wildman–Crippen MR) is 93.3 cm³/mol. The third-order valence-corrected chi connectivity index (χ3v) is 3.92. The standard InChI is InChI=1S/C19H17N3O2/c1-14-16(11-12-18(23)17-10-6-7-13-20-17)19(24)22(21(14)2)15-8-4-3-5-9-15/h3-13H,1-2H3/b12-11+. The Morgan fingerprint density at radius 3 is 2.46 bits per heavy atom. The minimum atomic E-state index is -0.232. The highest BCUT2D eigenvalue weighted by atomic mass is 16.1. The Balaban J connectivity index is 2.00. The number of allylic oxidation sites excluding steroid dienone is 1. The van der Waals surface area contributed by atoms with Crippen LogP contribution in [-0.2, 0) is 7.05 Å². The van der Waals surface area contributed by atoms with Gasteiger partial charge in [-0.05, 0) is 43.3 Å². The average molecular weight is 319 g/mol. The molecule has 5 heteroatoms. The molecular weight excluding hydrogens is 302 g/mol. The van der Waals surface area contributed by atoms with E-state index in [1.165, 1.54) is 6.08 Å². The SMILES string of the molecule is Cc1c(/C=C/C(=O)c2ccccn2)c(=O)n(-c2ccccc2)n1C. The molecule has 3 rings (SSSR count). The van der Waals surface area contributed by atoms with Gasteiger partial charge in [0.2, 0.25) is 5.78 Å². The van der Waals surface area contributed by atoms with Crippen LogP contribution in [0, 0.1) is 6.92 Å². The summed E-state index contributed by atoms with van der Waals surface area (Å²) in [6, 6.07) is 14.5. The molecule has 24 heavy (non-hydrogen) atoms. The van der Waals surface area contributed by atoms with E-state index in [-0.39, 0.29) is 11.3 Å². The summed E-state index contributed by atoms with van der Waals surface area (Å²) < 4.78 is 3.36. The van der Waals surface area contributed by atoms with Gasteiger partial charge in [-0.1, -0.05) is 24.3 Å². The summed E-state index contributed by atoms with van der Waals surface area (Å²) in [7, 11) is 1.82. The minimum absolute atomic E-state index is 0.161. The van der Waals surface area contributed by atoms with Crippen LogP contribution in [0.4, 0.5) is 0 Å². The van der Waals surface area contributed by atoms with Crippen molar-refractivity contribution in [2.24, 2.45) is 7.05 Å². The fourth-order valence-electron chi connectivity index (χ4n) is 2.53. The molecule has 2 heterocycles. The summed E-state index contributed by atoms with van der Waals surface area (Å²) in [4.78, 5) is 28.9. The van der Waals surface area contributed by atoms with Gasteiger partial charge in [-0.2, -0.15) is 0 Å². The van der Waals surface area contributed by atoms with Crippen molar-refractivity contribution in [3.05, 3.63) is 88.1 Å². The molecule has 1 aromatic carbocycles. The molecule has 120 valence electrons. The van der Waals surface area contributed by atoms with Crippen molar-refractivity contribution in [2.45, 2.75) is 6.92 Å². The number of hydrogen-bond donors (Lipinski definition) is 0. The third-order valence-electron chi connectivity index (χ3n) is 3.92. The van der Waals surface area contributed by atoms with Crippen LogP contribution in [0.15, 0.2) is 65.6 Å². The van der Waals surface area contributed by atoms with Gasteiger partial charge in [-0.25, -0.2) is 4.68 Å². The van der Waals surface area contributed by atoms with Gasteiger partial charge in [0, 0.05) is 18.9 Å². The summed E-state index contributed by atoms with van der Waals surface area (Å²) in [5.74, 6) is -0.232. The Labute approximate surface area is 139 Å². The molecule has 0 aliphatic carbocycles. The molecule has 0 saturated heterocycles. The first-order valence-electron chi connectivity index (χ1n) is 7.57. The van der Waals surface area contributed by atoms with Gasteiger partial charge in [0.25, 0.3) is 5.56 Å². The quantitative estimate of drug-likeness (QED) is 0.549. The summed E-state index contributed by atoms with van der Waals surface area (Å²) in [6.45, 7) is 1.85. The highest BCUT2D eigenvalue weighted by Gasteiger charge is 2.14. The topological polar surface area (TPSA) is 56.9 Å². The largest absolute Gasteiger partial charge is 0.288 e. The number of ketones is 1. The molecule has 3 aromatic rings. The van der Waals surface area contributed by atoms with E-state index in [2.05, 4.69) is 4.98 Å². The smallest absolute Gasteiger partial charge is 0.278 e. The third kappa shape index (κ3) is 2.84. The molecule has 0 bridgehead atoms. The molecule has 0 amide bonds. The zero-order chi connectivity index (χ0) is 17.1. The maximum atomic E-state index is 12.7. The lowest BCUT2D eigenvalue weighted by Gasteiger charge is -2.07. The van der Waals surface area contributed by atoms with Gasteiger partial charge in [0.05, 0.1) is 11.3 Å². The van der Waals surface area contributed by atoms with E-state index in [1.54, 1.807) is 39.8 Å². The van der Waals surface area contributed by atoms with Crippen molar-refractivity contribution < 1.29 is 4.79 Å². The van der Waals surface area contributed by atoms with Crippen LogP contribution >= 0.6 is 0 Å². The second-order valence-corrected chi connectivity index (χ2v) is 5.39. The van der Waals surface area contributed by atoms with Crippen LogP contribution in [0.3, 0.4) is 0 Å². The van der Waals surface area contributed by atoms with E-state index in [0.717, 1.165) is 11.4 Å². The fraction of sp³-hybridized carbons (Fsp3) is 0.105. The van der Waals surface area contributed by atoms with E-state index >= 15 is 0 Å². The lowest BCUT2D eigenvalue weighted by Crippen LogP contribution is -2.20. The summed E-state index contributed by atoms with van der Waals surface area (Å²) in [5.41, 5.74) is 2.25. The zero-order valence-corrected chi connectivity index (χ0v) is 13.5. The molecule has 0 aliphatic rings.